The number of nitrogens with one attached hydrogen (secondary N) is 2. The maximum Gasteiger partial charge on any atom is 0.253 e. The summed E-state index contributed by atoms with van der Waals surface area (Å²) in [5.41, 5.74) is 2.81. The number of carbonyl (C=O) groups is 1. The van der Waals surface area contributed by atoms with Gasteiger partial charge in [0, 0.05) is 16.5 Å². The van der Waals surface area contributed by atoms with Gasteiger partial charge < -0.3 is 10.3 Å². The minimum absolute atomic E-state index is 0.0409. The van der Waals surface area contributed by atoms with E-state index in [1.54, 1.807) is 11.3 Å². The molecular weight excluding hydrogens is 256 g/mol. The number of aryl methyl sites for hydroxylation is 1. The van der Waals surface area contributed by atoms with E-state index in [9.17, 15) is 4.79 Å². The van der Waals surface area contributed by atoms with Gasteiger partial charge in [-0.1, -0.05) is 12.1 Å². The molecule has 0 spiro atoms. The molecule has 2 N–H and O–H groups in total. The molecule has 0 saturated carbocycles. The van der Waals surface area contributed by atoms with E-state index < -0.39 is 0 Å². The maximum atomic E-state index is 12.2. The third kappa shape index (κ3) is 2.27. The molecule has 2 heterocycles. The van der Waals surface area contributed by atoms with Crippen molar-refractivity contribution >= 4 is 28.1 Å². The van der Waals surface area contributed by atoms with Gasteiger partial charge >= 0.3 is 0 Å². The Morgan fingerprint density at radius 1 is 1.32 bits per heavy atom. The predicted octanol–water partition coefficient (Wildman–Crippen LogP) is 3.47. The fourth-order valence-electron chi connectivity index (χ4n) is 2.12. The number of aromatic nitrogens is 1. The quantitative estimate of drug-likeness (QED) is 0.752. The lowest BCUT2D eigenvalue weighted by atomic mass is 10.1. The molecule has 0 saturated heterocycles. The number of H-pyrrole nitrogens is 1. The van der Waals surface area contributed by atoms with Gasteiger partial charge in [-0.05, 0) is 36.1 Å². The average molecular weight is 270 g/mol. The lowest BCUT2D eigenvalue weighted by molar-refractivity contribution is 0.0953. The van der Waals surface area contributed by atoms with Crippen molar-refractivity contribution in [3.8, 4) is 0 Å². The molecule has 3 aromatic rings. The number of hydrogen-bond acceptors (Lipinski definition) is 2. The third-order valence-corrected chi connectivity index (χ3v) is 4.23. The number of rotatable bonds is 3. The highest BCUT2D eigenvalue weighted by molar-refractivity contribution is 7.10. The number of para-hydroxylation sites is 1. The molecule has 0 aliphatic carbocycles. The number of aromatic amines is 1. The second-order valence-electron chi connectivity index (χ2n) is 4.46. The number of amides is 1. The monoisotopic (exact) mass is 270 g/mol. The molecule has 4 heteroatoms. The van der Waals surface area contributed by atoms with Crippen molar-refractivity contribution in [2.24, 2.45) is 0 Å². The highest BCUT2D eigenvalue weighted by Crippen LogP contribution is 2.18. The number of carbonyl (C=O) groups excluding carboxylic acids is 1. The van der Waals surface area contributed by atoms with Gasteiger partial charge in [0.1, 0.15) is 0 Å². The number of hydrogen-bond donors (Lipinski definition) is 2. The molecule has 0 fully saturated rings. The molecule has 0 bridgehead atoms. The fourth-order valence-corrected chi connectivity index (χ4v) is 2.96. The maximum absolute atomic E-state index is 12.2. The Kier molecular flexibility index (Phi) is 3.09. The first-order chi connectivity index (χ1) is 9.25. The molecule has 1 amide bonds. The smallest absolute Gasteiger partial charge is 0.253 e. The van der Waals surface area contributed by atoms with Gasteiger partial charge in [-0.2, -0.15) is 0 Å². The van der Waals surface area contributed by atoms with Gasteiger partial charge in [-0.25, -0.2) is 0 Å². The van der Waals surface area contributed by atoms with Crippen LogP contribution >= 0.6 is 11.3 Å². The van der Waals surface area contributed by atoms with Gasteiger partial charge in [-0.3, -0.25) is 4.79 Å². The molecule has 0 radical (unpaired) electrons. The number of thiophene rings is 1. The molecule has 0 unspecified atom stereocenters. The molecule has 0 atom stereocenters. The van der Waals surface area contributed by atoms with Crippen LogP contribution in [0.2, 0.25) is 0 Å². The zero-order valence-electron chi connectivity index (χ0n) is 10.6. The van der Waals surface area contributed by atoms with Gasteiger partial charge in [0.05, 0.1) is 17.6 Å². The Hall–Kier alpha value is -2.07. The van der Waals surface area contributed by atoms with Crippen molar-refractivity contribution in [1.82, 2.24) is 10.3 Å². The number of fused-ring (bicyclic) bond motifs is 1. The molecular formula is C15H14N2OS. The second kappa shape index (κ2) is 4.90. The van der Waals surface area contributed by atoms with Crippen molar-refractivity contribution < 1.29 is 4.79 Å². The molecule has 19 heavy (non-hydrogen) atoms. The van der Waals surface area contributed by atoms with Gasteiger partial charge in [0.2, 0.25) is 0 Å². The zero-order valence-corrected chi connectivity index (χ0v) is 11.4. The standard InChI is InChI=1S/C15H14N2OS/c1-10-6-8-19-13(10)9-17-15(18)12-4-2-3-11-5-7-16-14(11)12/h2-8,16H,9H2,1H3,(H,17,18). The summed E-state index contributed by atoms with van der Waals surface area (Å²) in [6, 6.07) is 9.77. The minimum Gasteiger partial charge on any atom is -0.361 e. The van der Waals surface area contributed by atoms with Crippen LogP contribution in [-0.2, 0) is 6.54 Å². The summed E-state index contributed by atoms with van der Waals surface area (Å²) in [6.07, 6.45) is 1.85. The van der Waals surface area contributed by atoms with Gasteiger partial charge in [-0.15, -0.1) is 11.3 Å². The van der Waals surface area contributed by atoms with Crippen LogP contribution in [0.4, 0.5) is 0 Å². The van der Waals surface area contributed by atoms with Crippen LogP contribution in [0.25, 0.3) is 10.9 Å². The largest absolute Gasteiger partial charge is 0.361 e. The Morgan fingerprint density at radius 2 is 2.21 bits per heavy atom. The summed E-state index contributed by atoms with van der Waals surface area (Å²) in [4.78, 5) is 16.6. The fraction of sp³-hybridized carbons (Fsp3) is 0.133. The second-order valence-corrected chi connectivity index (χ2v) is 5.46. The molecule has 1 aromatic carbocycles. The van der Waals surface area contributed by atoms with Crippen LogP contribution in [0.3, 0.4) is 0 Å². The van der Waals surface area contributed by atoms with Crippen molar-refractivity contribution in [3.05, 3.63) is 57.9 Å². The van der Waals surface area contributed by atoms with E-state index >= 15 is 0 Å². The molecule has 0 aliphatic heterocycles. The van der Waals surface area contributed by atoms with Crippen molar-refractivity contribution in [1.29, 1.82) is 0 Å². The third-order valence-electron chi connectivity index (χ3n) is 3.21. The predicted molar refractivity (Wildman–Crippen MR) is 78.5 cm³/mol. The van der Waals surface area contributed by atoms with Crippen LogP contribution in [-0.4, -0.2) is 10.9 Å². The highest BCUT2D eigenvalue weighted by atomic mass is 32.1. The Labute approximate surface area is 115 Å². The van der Waals surface area contributed by atoms with E-state index in [-0.39, 0.29) is 5.91 Å². The summed E-state index contributed by atoms with van der Waals surface area (Å²) in [6.45, 7) is 2.64. The normalized spacial score (nSPS) is 10.8. The van der Waals surface area contributed by atoms with E-state index in [1.807, 2.05) is 35.8 Å². The Bertz CT molecular complexity index is 726. The summed E-state index contributed by atoms with van der Waals surface area (Å²) >= 11 is 1.67. The molecule has 3 rings (SSSR count). The Balaban J connectivity index is 1.81. The van der Waals surface area contributed by atoms with E-state index in [2.05, 4.69) is 23.3 Å². The topological polar surface area (TPSA) is 44.9 Å². The van der Waals surface area contributed by atoms with Gasteiger partial charge in [0.15, 0.2) is 0 Å². The van der Waals surface area contributed by atoms with Crippen molar-refractivity contribution in [2.45, 2.75) is 13.5 Å². The lowest BCUT2D eigenvalue weighted by Gasteiger charge is -2.06. The van der Waals surface area contributed by atoms with Crippen LogP contribution < -0.4 is 5.32 Å². The molecule has 3 nitrogen and oxygen atoms in total. The Morgan fingerprint density at radius 3 is 3.00 bits per heavy atom. The molecule has 96 valence electrons. The van der Waals surface area contributed by atoms with Crippen LogP contribution in [0.15, 0.2) is 41.9 Å². The summed E-state index contributed by atoms with van der Waals surface area (Å²) in [5, 5.41) is 6.08. The van der Waals surface area contributed by atoms with E-state index in [0.29, 0.717) is 12.1 Å². The first-order valence-corrected chi connectivity index (χ1v) is 7.01. The first-order valence-electron chi connectivity index (χ1n) is 6.13. The van der Waals surface area contributed by atoms with E-state index in [4.69, 9.17) is 0 Å². The van der Waals surface area contributed by atoms with Crippen molar-refractivity contribution in [3.63, 3.8) is 0 Å². The van der Waals surface area contributed by atoms with Crippen LogP contribution in [0.1, 0.15) is 20.8 Å². The summed E-state index contributed by atoms with van der Waals surface area (Å²) in [5.74, 6) is -0.0409. The molecule has 0 aliphatic rings. The van der Waals surface area contributed by atoms with Crippen LogP contribution in [0, 0.1) is 6.92 Å². The number of benzene rings is 1. The zero-order chi connectivity index (χ0) is 13.2. The van der Waals surface area contributed by atoms with Crippen molar-refractivity contribution in [2.75, 3.05) is 0 Å². The minimum atomic E-state index is -0.0409. The molecule has 2 aromatic heterocycles. The SMILES string of the molecule is Cc1ccsc1CNC(=O)c1cccc2cc[nH]c12. The van der Waals surface area contributed by atoms with Gasteiger partial charge in [0.25, 0.3) is 5.91 Å². The summed E-state index contributed by atoms with van der Waals surface area (Å²) in [7, 11) is 0. The summed E-state index contributed by atoms with van der Waals surface area (Å²) < 4.78 is 0. The highest BCUT2D eigenvalue weighted by Gasteiger charge is 2.10. The van der Waals surface area contributed by atoms with E-state index in [0.717, 1.165) is 10.9 Å². The average Bonchev–Trinajstić information content (AvgIpc) is 3.04. The first kappa shape index (κ1) is 12.0. The lowest BCUT2D eigenvalue weighted by Crippen LogP contribution is -2.22. The van der Waals surface area contributed by atoms with E-state index in [1.165, 1.54) is 10.4 Å². The van der Waals surface area contributed by atoms with Crippen LogP contribution in [0.5, 0.6) is 0 Å².